The molecule has 1 aliphatic heterocycles. The number of thioether (sulfide) groups is 2. The summed E-state index contributed by atoms with van der Waals surface area (Å²) < 4.78 is 0.599. The number of aryl methyl sites for hydroxylation is 2. The topological polar surface area (TPSA) is 0 Å². The summed E-state index contributed by atoms with van der Waals surface area (Å²) in [7, 11) is -1.38. The molecule has 1 aliphatic rings. The van der Waals surface area contributed by atoms with Gasteiger partial charge < -0.3 is 0 Å². The Bertz CT molecular complexity index is 1170. The van der Waals surface area contributed by atoms with Crippen LogP contribution in [0.2, 0.25) is 19.6 Å². The lowest BCUT2D eigenvalue weighted by molar-refractivity contribution is 1.29. The second-order valence-electron chi connectivity index (χ2n) is 9.17. The van der Waals surface area contributed by atoms with Gasteiger partial charge in [0, 0.05) is 20.9 Å². The van der Waals surface area contributed by atoms with Crippen LogP contribution in [0.3, 0.4) is 0 Å². The number of rotatable bonds is 1. The summed E-state index contributed by atoms with van der Waals surface area (Å²) in [5, 5.41) is 5.46. The fourth-order valence-corrected chi connectivity index (χ4v) is 10.2. The van der Waals surface area contributed by atoms with Crippen molar-refractivity contribution in [1.29, 1.82) is 0 Å². The molecule has 1 heterocycles. The number of benzene rings is 4. The zero-order valence-corrected chi connectivity index (χ0v) is 20.3. The average molecular weight is 431 g/mol. The molecule has 0 atom stereocenters. The van der Waals surface area contributed by atoms with E-state index in [1.807, 2.05) is 0 Å². The van der Waals surface area contributed by atoms with Crippen LogP contribution in [-0.4, -0.2) is 12.3 Å². The first-order chi connectivity index (χ1) is 13.8. The highest BCUT2D eigenvalue weighted by Crippen LogP contribution is 2.55. The zero-order valence-electron chi connectivity index (χ0n) is 17.7. The highest BCUT2D eigenvalue weighted by atomic mass is 32.2. The molecule has 0 amide bonds. The summed E-state index contributed by atoms with van der Waals surface area (Å²) in [6, 6.07) is 22.6. The average Bonchev–Trinajstić information content (AvgIpc) is 2.87. The van der Waals surface area contributed by atoms with Gasteiger partial charge in [0.25, 0.3) is 0 Å². The molecule has 0 saturated carbocycles. The summed E-state index contributed by atoms with van der Waals surface area (Å²) in [4.78, 5) is 2.97. The fourth-order valence-electron chi connectivity index (χ4n) is 4.33. The molecule has 0 saturated heterocycles. The van der Waals surface area contributed by atoms with E-state index in [1.165, 1.54) is 53.6 Å². The molecule has 0 fully saturated rings. The molecule has 0 nitrogen and oxygen atoms in total. The van der Waals surface area contributed by atoms with Crippen LogP contribution in [0.5, 0.6) is 0 Å². The Morgan fingerprint density at radius 2 is 1.07 bits per heavy atom. The van der Waals surface area contributed by atoms with Crippen LogP contribution in [0.1, 0.15) is 11.1 Å². The van der Waals surface area contributed by atoms with E-state index in [0.29, 0.717) is 4.21 Å². The number of fused-ring (bicyclic) bond motifs is 7. The van der Waals surface area contributed by atoms with Gasteiger partial charge in [-0.3, -0.25) is 0 Å². The van der Waals surface area contributed by atoms with Gasteiger partial charge in [0.15, 0.2) is 0 Å². The second kappa shape index (κ2) is 6.94. The summed E-state index contributed by atoms with van der Waals surface area (Å²) >= 11 is 4.25. The van der Waals surface area contributed by atoms with Crippen LogP contribution >= 0.6 is 23.5 Å². The third-order valence-electron chi connectivity index (χ3n) is 5.78. The molecular formula is C26H26S2Si. The maximum absolute atomic E-state index is 2.51. The van der Waals surface area contributed by atoms with Crippen LogP contribution in [0.4, 0.5) is 0 Å². The van der Waals surface area contributed by atoms with E-state index in [4.69, 9.17) is 0 Å². The van der Waals surface area contributed by atoms with Crippen LogP contribution in [-0.2, 0) is 0 Å². The Balaban J connectivity index is 2.00. The molecule has 0 spiro atoms. The van der Waals surface area contributed by atoms with Gasteiger partial charge in [-0.2, -0.15) is 0 Å². The van der Waals surface area contributed by atoms with Crippen LogP contribution < -0.4 is 0 Å². The summed E-state index contributed by atoms with van der Waals surface area (Å²) in [5.74, 6) is 0. The second-order valence-corrected chi connectivity index (χ2v) is 17.8. The summed E-state index contributed by atoms with van der Waals surface area (Å²) in [6.07, 6.45) is 0. The predicted octanol–water partition coefficient (Wildman–Crippen LogP) is 8.68. The summed E-state index contributed by atoms with van der Waals surface area (Å²) in [5.41, 5.74) is 5.72. The maximum Gasteiger partial charge on any atom is 0.0722 e. The monoisotopic (exact) mass is 430 g/mol. The summed E-state index contributed by atoms with van der Waals surface area (Å²) in [6.45, 7) is 12.1. The molecule has 4 aromatic rings. The molecule has 0 unspecified atom stereocenters. The molecule has 29 heavy (non-hydrogen) atoms. The smallest absolute Gasteiger partial charge is 0.0722 e. The van der Waals surface area contributed by atoms with Gasteiger partial charge in [-0.25, -0.2) is 0 Å². The van der Waals surface area contributed by atoms with Gasteiger partial charge in [0.1, 0.15) is 0 Å². The normalized spacial score (nSPS) is 14.7. The van der Waals surface area contributed by atoms with Crippen molar-refractivity contribution >= 4 is 53.1 Å². The molecule has 0 aliphatic carbocycles. The Labute approximate surface area is 183 Å². The first kappa shape index (κ1) is 19.3. The van der Waals surface area contributed by atoms with E-state index < -0.39 is 8.07 Å². The lowest BCUT2D eigenvalue weighted by Gasteiger charge is -2.27. The molecule has 0 bridgehead atoms. The van der Waals surface area contributed by atoms with Crippen molar-refractivity contribution in [3.63, 3.8) is 0 Å². The van der Waals surface area contributed by atoms with Gasteiger partial charge >= 0.3 is 0 Å². The molecule has 146 valence electrons. The van der Waals surface area contributed by atoms with Gasteiger partial charge in [0.2, 0.25) is 0 Å². The number of hydrogen-bond donors (Lipinski definition) is 0. The minimum Gasteiger partial charge on any atom is -0.114 e. The lowest BCUT2D eigenvalue weighted by atomic mass is 9.91. The quantitative estimate of drug-likeness (QED) is 0.277. The van der Waals surface area contributed by atoms with E-state index in [0.717, 1.165) is 0 Å². The Kier molecular flexibility index (Phi) is 4.61. The van der Waals surface area contributed by atoms with E-state index in [9.17, 15) is 0 Å². The fraction of sp³-hybridized carbons (Fsp3) is 0.231. The van der Waals surface area contributed by atoms with Crippen molar-refractivity contribution in [2.24, 2.45) is 0 Å². The van der Waals surface area contributed by atoms with Crippen molar-refractivity contribution in [2.75, 3.05) is 0 Å². The molecular weight excluding hydrogens is 405 g/mol. The third-order valence-corrected chi connectivity index (χ3v) is 14.7. The van der Waals surface area contributed by atoms with Gasteiger partial charge in [-0.15, -0.1) is 23.5 Å². The first-order valence-electron chi connectivity index (χ1n) is 10.2. The Morgan fingerprint density at radius 1 is 0.655 bits per heavy atom. The Hall–Kier alpha value is -1.68. The molecule has 3 heteroatoms. The number of hydrogen-bond acceptors (Lipinski definition) is 2. The van der Waals surface area contributed by atoms with E-state index in [1.54, 1.807) is 0 Å². The van der Waals surface area contributed by atoms with Crippen molar-refractivity contribution in [2.45, 2.75) is 47.5 Å². The van der Waals surface area contributed by atoms with Gasteiger partial charge in [-0.1, -0.05) is 80.3 Å². The molecule has 0 aromatic heterocycles. The minimum absolute atomic E-state index is 0.599. The van der Waals surface area contributed by atoms with Crippen molar-refractivity contribution in [3.8, 4) is 11.1 Å². The molecule has 0 N–H and O–H groups in total. The SMILES string of the molecule is Cc1cc2ccccc2c2c1SC([Si](C)(C)C)Sc1c(C)cc3ccccc3c1-2. The zero-order chi connectivity index (χ0) is 20.3. The first-order valence-corrected chi connectivity index (χ1v) is 15.6. The van der Waals surface area contributed by atoms with Gasteiger partial charge in [0.05, 0.1) is 12.3 Å². The largest absolute Gasteiger partial charge is 0.114 e. The van der Waals surface area contributed by atoms with Gasteiger partial charge in [-0.05, 0) is 46.5 Å². The van der Waals surface area contributed by atoms with Crippen LogP contribution in [0.15, 0.2) is 70.5 Å². The maximum atomic E-state index is 2.51. The Morgan fingerprint density at radius 3 is 1.48 bits per heavy atom. The van der Waals surface area contributed by atoms with Crippen molar-refractivity contribution < 1.29 is 0 Å². The molecule has 5 rings (SSSR count). The van der Waals surface area contributed by atoms with Crippen LogP contribution in [0, 0.1) is 13.8 Å². The minimum atomic E-state index is -1.38. The van der Waals surface area contributed by atoms with Crippen molar-refractivity contribution in [3.05, 3.63) is 71.8 Å². The highest BCUT2D eigenvalue weighted by molar-refractivity contribution is 8.19. The van der Waals surface area contributed by atoms with E-state index in [-0.39, 0.29) is 0 Å². The predicted molar refractivity (Wildman–Crippen MR) is 135 cm³/mol. The van der Waals surface area contributed by atoms with Crippen LogP contribution in [0.25, 0.3) is 32.7 Å². The third kappa shape index (κ3) is 3.15. The van der Waals surface area contributed by atoms with Crippen molar-refractivity contribution in [1.82, 2.24) is 0 Å². The van der Waals surface area contributed by atoms with E-state index >= 15 is 0 Å². The highest BCUT2D eigenvalue weighted by Gasteiger charge is 2.35. The standard InChI is InChI=1S/C26H26S2Si/c1-16-14-18-10-6-8-12-20(18)22-23-21-13-9-7-11-19(21)15-17(2)25(23)28-26(27-24(16)22)29(3,4)5/h6-15,26H,1-5H3. The molecule has 4 aromatic carbocycles. The lowest BCUT2D eigenvalue weighted by Crippen LogP contribution is -2.33. The van der Waals surface area contributed by atoms with E-state index in [2.05, 4.69) is 118 Å². The molecule has 0 radical (unpaired) electrons.